The lowest BCUT2D eigenvalue weighted by molar-refractivity contribution is -0.137. The van der Waals surface area contributed by atoms with Gasteiger partial charge in [0, 0.05) is 30.7 Å². The van der Waals surface area contributed by atoms with Gasteiger partial charge in [0.05, 0.1) is 23.2 Å². The van der Waals surface area contributed by atoms with Crippen LogP contribution >= 0.6 is 0 Å². The maximum Gasteiger partial charge on any atom is 0.254 e. The first kappa shape index (κ1) is 25.9. The molecule has 0 fully saturated rings. The monoisotopic (exact) mass is 500 g/mol. The van der Waals surface area contributed by atoms with Gasteiger partial charge in [0.1, 0.15) is 12.1 Å². The quantitative estimate of drug-likeness (QED) is 0.488. The van der Waals surface area contributed by atoms with Crippen LogP contribution < -0.4 is 5.32 Å². The third-order valence-corrected chi connectivity index (χ3v) is 7.29. The number of aromatic nitrogens is 2. The van der Waals surface area contributed by atoms with Crippen LogP contribution in [0, 0.1) is 17.2 Å². The van der Waals surface area contributed by atoms with E-state index in [0.29, 0.717) is 12.0 Å². The number of rotatable bonds is 8. The van der Waals surface area contributed by atoms with Crippen molar-refractivity contribution in [3.8, 4) is 6.07 Å². The number of hydrogen-bond donors (Lipinski definition) is 2. The summed E-state index contributed by atoms with van der Waals surface area (Å²) in [5.41, 5.74) is 1.74. The first-order chi connectivity index (χ1) is 17.6. The van der Waals surface area contributed by atoms with Gasteiger partial charge in [-0.15, -0.1) is 0 Å². The van der Waals surface area contributed by atoms with Crippen molar-refractivity contribution < 1.29 is 14.4 Å². The number of likely N-dealkylation sites (N-methyl/N-ethyl adjacent to an activating group) is 2. The van der Waals surface area contributed by atoms with Gasteiger partial charge in [-0.1, -0.05) is 38.1 Å². The molecule has 1 aliphatic heterocycles. The van der Waals surface area contributed by atoms with Crippen molar-refractivity contribution in [1.29, 1.82) is 5.26 Å². The van der Waals surface area contributed by atoms with E-state index >= 15 is 0 Å². The van der Waals surface area contributed by atoms with Gasteiger partial charge in [0.25, 0.3) is 5.91 Å². The highest BCUT2D eigenvalue weighted by molar-refractivity contribution is 6.06. The Morgan fingerprint density at radius 2 is 1.86 bits per heavy atom. The first-order valence-corrected chi connectivity index (χ1v) is 12.3. The van der Waals surface area contributed by atoms with Crippen LogP contribution in [0.4, 0.5) is 5.69 Å². The molecule has 0 bridgehead atoms. The largest absolute Gasteiger partial charge is 0.330 e. The summed E-state index contributed by atoms with van der Waals surface area (Å²) in [5, 5.41) is 20.7. The van der Waals surface area contributed by atoms with E-state index in [-0.39, 0.29) is 30.1 Å². The number of carbonyl (C=O) groups excluding carboxylic acids is 3. The van der Waals surface area contributed by atoms with Gasteiger partial charge in [0.15, 0.2) is 0 Å². The standard InChI is InChI=1S/C28H32N6O3/c1-17(2)12-24(34(5)25(35)18-10-11-19-16-30-32-23(19)13-18)26(36)33(4)20(15-29)14-28(3)21-8-6-7-9-22(21)31-27(28)37/h6-11,13,16-17,20,24H,12,14H2,1-5H3,(H,30,32)(H,31,37)/t20-,24-,28+/m0/s1. The highest BCUT2D eigenvalue weighted by atomic mass is 16.2. The van der Waals surface area contributed by atoms with Gasteiger partial charge in [0.2, 0.25) is 11.8 Å². The molecule has 0 spiro atoms. The van der Waals surface area contributed by atoms with Crippen LogP contribution in [0.25, 0.3) is 10.9 Å². The van der Waals surface area contributed by atoms with Crippen LogP contribution in [0.2, 0.25) is 0 Å². The SMILES string of the molecule is CC(C)C[C@@H](C(=O)N(C)[C@H](C#N)C[C@@]1(C)C(=O)Nc2ccccc21)N(C)C(=O)c1ccc2cn[nH]c2c1. The number of nitrogens with one attached hydrogen (secondary N) is 2. The number of aromatic amines is 1. The van der Waals surface area contributed by atoms with Gasteiger partial charge >= 0.3 is 0 Å². The highest BCUT2D eigenvalue weighted by Crippen LogP contribution is 2.41. The molecule has 0 aliphatic carbocycles. The summed E-state index contributed by atoms with van der Waals surface area (Å²) in [6.45, 7) is 5.76. The third-order valence-electron chi connectivity index (χ3n) is 7.29. The van der Waals surface area contributed by atoms with Crippen molar-refractivity contribution in [2.45, 2.75) is 51.1 Å². The molecule has 3 amide bonds. The van der Waals surface area contributed by atoms with Gasteiger partial charge in [-0.2, -0.15) is 10.4 Å². The lowest BCUT2D eigenvalue weighted by Crippen LogP contribution is -2.52. The highest BCUT2D eigenvalue weighted by Gasteiger charge is 2.45. The fourth-order valence-corrected chi connectivity index (χ4v) is 4.99. The number of para-hydroxylation sites is 1. The molecule has 2 heterocycles. The van der Waals surface area contributed by atoms with Gasteiger partial charge < -0.3 is 15.1 Å². The van der Waals surface area contributed by atoms with Crippen LogP contribution in [0.3, 0.4) is 0 Å². The van der Waals surface area contributed by atoms with E-state index in [2.05, 4.69) is 21.6 Å². The minimum atomic E-state index is -0.958. The predicted molar refractivity (Wildman–Crippen MR) is 141 cm³/mol. The van der Waals surface area contributed by atoms with E-state index in [4.69, 9.17) is 0 Å². The Bertz CT molecular complexity index is 1390. The Hall–Kier alpha value is -4.19. The lowest BCUT2D eigenvalue weighted by atomic mass is 9.78. The molecule has 9 heteroatoms. The summed E-state index contributed by atoms with van der Waals surface area (Å²) in [5.74, 6) is -0.712. The van der Waals surface area contributed by atoms with Crippen LogP contribution in [-0.2, 0) is 15.0 Å². The van der Waals surface area contributed by atoms with Crippen molar-refractivity contribution in [2.75, 3.05) is 19.4 Å². The average molecular weight is 501 g/mol. The molecule has 3 atom stereocenters. The Kier molecular flexibility index (Phi) is 7.03. The van der Waals surface area contributed by atoms with Crippen molar-refractivity contribution in [3.63, 3.8) is 0 Å². The molecule has 0 unspecified atom stereocenters. The number of carbonyl (C=O) groups is 3. The van der Waals surface area contributed by atoms with E-state index in [1.165, 1.54) is 9.80 Å². The van der Waals surface area contributed by atoms with E-state index in [1.807, 2.05) is 44.2 Å². The average Bonchev–Trinajstić information content (AvgIpc) is 3.45. The lowest BCUT2D eigenvalue weighted by Gasteiger charge is -2.35. The summed E-state index contributed by atoms with van der Waals surface area (Å²) in [6.07, 6.45) is 2.24. The van der Waals surface area contributed by atoms with Crippen molar-refractivity contribution in [2.24, 2.45) is 5.92 Å². The smallest absolute Gasteiger partial charge is 0.254 e. The van der Waals surface area contributed by atoms with Gasteiger partial charge in [-0.25, -0.2) is 0 Å². The molecule has 0 saturated heterocycles. The second kappa shape index (κ2) is 10.1. The number of anilines is 1. The Labute approximate surface area is 216 Å². The number of H-pyrrole nitrogens is 1. The first-order valence-electron chi connectivity index (χ1n) is 12.3. The minimum Gasteiger partial charge on any atom is -0.330 e. The minimum absolute atomic E-state index is 0.123. The predicted octanol–water partition coefficient (Wildman–Crippen LogP) is 3.70. The van der Waals surface area contributed by atoms with Crippen LogP contribution in [0.15, 0.2) is 48.7 Å². The number of amides is 3. The molecule has 1 aromatic heterocycles. The Morgan fingerprint density at radius 3 is 2.57 bits per heavy atom. The molecule has 1 aliphatic rings. The maximum absolute atomic E-state index is 13.8. The van der Waals surface area contributed by atoms with E-state index in [1.54, 1.807) is 39.3 Å². The molecule has 0 radical (unpaired) electrons. The third kappa shape index (κ3) is 4.79. The Balaban J connectivity index is 1.58. The molecule has 9 nitrogen and oxygen atoms in total. The van der Waals surface area contributed by atoms with Crippen molar-refractivity contribution in [1.82, 2.24) is 20.0 Å². The zero-order valence-electron chi connectivity index (χ0n) is 21.8. The molecule has 2 aromatic carbocycles. The number of fused-ring (bicyclic) bond motifs is 2. The van der Waals surface area contributed by atoms with Gasteiger partial charge in [-0.05, 0) is 49.4 Å². The summed E-state index contributed by atoms with van der Waals surface area (Å²) in [4.78, 5) is 43.0. The zero-order chi connectivity index (χ0) is 26.9. The molecular weight excluding hydrogens is 468 g/mol. The summed E-state index contributed by atoms with van der Waals surface area (Å²) in [7, 11) is 3.18. The summed E-state index contributed by atoms with van der Waals surface area (Å²) < 4.78 is 0. The van der Waals surface area contributed by atoms with E-state index in [0.717, 1.165) is 22.2 Å². The maximum atomic E-state index is 13.8. The molecule has 4 rings (SSSR count). The summed E-state index contributed by atoms with van der Waals surface area (Å²) >= 11 is 0. The molecular formula is C28H32N6O3. The second-order valence-corrected chi connectivity index (χ2v) is 10.4. The Morgan fingerprint density at radius 1 is 1.14 bits per heavy atom. The fourth-order valence-electron chi connectivity index (χ4n) is 4.99. The number of benzene rings is 2. The van der Waals surface area contributed by atoms with E-state index < -0.39 is 17.5 Å². The summed E-state index contributed by atoms with van der Waals surface area (Å²) in [6, 6.07) is 13.2. The van der Waals surface area contributed by atoms with Crippen molar-refractivity contribution in [3.05, 3.63) is 59.8 Å². The normalized spacial score (nSPS) is 18.1. The number of hydrogen-bond acceptors (Lipinski definition) is 5. The second-order valence-electron chi connectivity index (χ2n) is 10.4. The molecule has 37 heavy (non-hydrogen) atoms. The van der Waals surface area contributed by atoms with Crippen LogP contribution in [-0.4, -0.2) is 63.9 Å². The fraction of sp³-hybridized carbons (Fsp3) is 0.393. The molecule has 0 saturated carbocycles. The zero-order valence-corrected chi connectivity index (χ0v) is 21.8. The number of nitrogens with zero attached hydrogens (tertiary/aromatic N) is 4. The van der Waals surface area contributed by atoms with Crippen LogP contribution in [0.5, 0.6) is 0 Å². The molecule has 2 N–H and O–H groups in total. The van der Waals surface area contributed by atoms with Crippen LogP contribution in [0.1, 0.15) is 49.5 Å². The molecule has 192 valence electrons. The van der Waals surface area contributed by atoms with Gasteiger partial charge in [-0.3, -0.25) is 19.5 Å². The van der Waals surface area contributed by atoms with E-state index in [9.17, 15) is 19.6 Å². The molecule has 3 aromatic rings. The van der Waals surface area contributed by atoms with Crippen molar-refractivity contribution >= 4 is 34.3 Å². The topological polar surface area (TPSA) is 122 Å². The number of nitriles is 1.